The molecule has 1 unspecified atom stereocenters. The van der Waals surface area contributed by atoms with Gasteiger partial charge in [-0.15, -0.1) is 0 Å². The highest BCUT2D eigenvalue weighted by Crippen LogP contribution is 2.67. The quantitative estimate of drug-likeness (QED) is 0.165. The molecule has 0 radical (unpaired) electrons. The Labute approximate surface area is 375 Å². The summed E-state index contributed by atoms with van der Waals surface area (Å²) in [4.78, 5) is 5.04. The van der Waals surface area contributed by atoms with Gasteiger partial charge in [-0.1, -0.05) is 190 Å². The fourth-order valence-corrected chi connectivity index (χ4v) is 11.8. The van der Waals surface area contributed by atoms with E-state index in [-0.39, 0.29) is 5.41 Å². The first-order chi connectivity index (χ1) is 31.6. The van der Waals surface area contributed by atoms with Gasteiger partial charge in [0.15, 0.2) is 0 Å². The molecule has 2 nitrogen and oxygen atoms in total. The van der Waals surface area contributed by atoms with E-state index in [0.29, 0.717) is 0 Å². The zero-order chi connectivity index (χ0) is 42.6. The van der Waals surface area contributed by atoms with Crippen molar-refractivity contribution in [2.45, 2.75) is 24.7 Å². The Morgan fingerprint density at radius 1 is 0.312 bits per heavy atom. The number of hydrogen-bond donors (Lipinski definition) is 0. The molecule has 10 aromatic carbocycles. The molecule has 0 aromatic heterocycles. The summed E-state index contributed by atoms with van der Waals surface area (Å²) in [7, 11) is 0. The van der Waals surface area contributed by atoms with Gasteiger partial charge in [0, 0.05) is 44.6 Å². The molecule has 0 heterocycles. The number of benzene rings is 10. The lowest BCUT2D eigenvalue weighted by molar-refractivity contribution is 0.660. The molecule has 0 amide bonds. The van der Waals surface area contributed by atoms with Crippen LogP contribution < -0.4 is 9.80 Å². The van der Waals surface area contributed by atoms with E-state index >= 15 is 0 Å². The highest BCUT2D eigenvalue weighted by atomic mass is 15.2. The maximum Gasteiger partial charge on any atom is 0.0727 e. The summed E-state index contributed by atoms with van der Waals surface area (Å²) in [6.07, 6.45) is 0. The summed E-state index contributed by atoms with van der Waals surface area (Å²) in [5, 5.41) is 2.44. The summed E-state index contributed by atoms with van der Waals surface area (Å²) in [5.74, 6) is 0. The summed E-state index contributed by atoms with van der Waals surface area (Å²) < 4.78 is 0. The predicted octanol–water partition coefficient (Wildman–Crippen LogP) is 16.4. The summed E-state index contributed by atoms with van der Waals surface area (Å²) >= 11 is 0. The second-order valence-electron chi connectivity index (χ2n) is 18.0. The molecule has 0 aliphatic heterocycles. The van der Waals surface area contributed by atoms with Crippen LogP contribution in [0.3, 0.4) is 0 Å². The second-order valence-corrected chi connectivity index (χ2v) is 18.0. The van der Waals surface area contributed by atoms with Gasteiger partial charge in [0.25, 0.3) is 0 Å². The molecule has 3 aliphatic carbocycles. The van der Waals surface area contributed by atoms with Crippen LogP contribution in [0.15, 0.2) is 231 Å². The first-order valence-corrected chi connectivity index (χ1v) is 22.4. The number of nitrogens with zero attached hydrogens (tertiary/aromatic N) is 2. The van der Waals surface area contributed by atoms with E-state index < -0.39 is 5.41 Å². The molecule has 2 heteroatoms. The first-order valence-electron chi connectivity index (χ1n) is 22.4. The lowest BCUT2D eigenvalue weighted by Crippen LogP contribution is -2.26. The fourth-order valence-electron chi connectivity index (χ4n) is 11.8. The Kier molecular flexibility index (Phi) is 7.90. The molecule has 10 aromatic rings. The molecule has 64 heavy (non-hydrogen) atoms. The van der Waals surface area contributed by atoms with Crippen LogP contribution in [0.4, 0.5) is 34.1 Å². The summed E-state index contributed by atoms with van der Waals surface area (Å²) in [5.41, 5.74) is 21.8. The molecule has 1 atom stereocenters. The van der Waals surface area contributed by atoms with Gasteiger partial charge < -0.3 is 9.80 Å². The van der Waals surface area contributed by atoms with Crippen LogP contribution in [0.2, 0.25) is 0 Å². The molecule has 1 spiro atoms. The maximum atomic E-state index is 2.60. The van der Waals surface area contributed by atoms with Crippen molar-refractivity contribution >= 4 is 44.9 Å². The van der Waals surface area contributed by atoms with Crippen molar-refractivity contribution in [1.82, 2.24) is 0 Å². The zero-order valence-electron chi connectivity index (χ0n) is 35.8. The SMILES string of the molecule is CC1(C)c2ccccc2-c2c(N(c3ccccc3)c3c4c(cc5ccccc35)C3(c5ccccc5-c5c(N(c6ccccc6)c6ccccc6)cccc53)c3ccccc3-4)cccc21. The van der Waals surface area contributed by atoms with Crippen molar-refractivity contribution in [3.63, 3.8) is 0 Å². The predicted molar refractivity (Wildman–Crippen MR) is 267 cm³/mol. The molecule has 0 saturated heterocycles. The fraction of sp³-hybridized carbons (Fsp3) is 0.0645. The summed E-state index contributed by atoms with van der Waals surface area (Å²) in [6, 6.07) is 85.8. The Balaban J connectivity index is 1.17. The smallest absolute Gasteiger partial charge is 0.0727 e. The normalized spacial score (nSPS) is 15.5. The monoisotopic (exact) mass is 816 g/mol. The minimum absolute atomic E-state index is 0.149. The third-order valence-corrected chi connectivity index (χ3v) is 14.4. The van der Waals surface area contributed by atoms with Crippen LogP contribution in [0.1, 0.15) is 47.2 Å². The molecule has 13 rings (SSSR count). The Bertz CT molecular complexity index is 3440. The van der Waals surface area contributed by atoms with Crippen molar-refractivity contribution in [3.8, 4) is 33.4 Å². The minimum atomic E-state index is -0.596. The van der Waals surface area contributed by atoms with Crippen molar-refractivity contribution in [2.24, 2.45) is 0 Å². The standard InChI is InChI=1S/C62H44N2/c1-61(2)49-33-17-14-30-46(49)57-52(61)36-20-39-56(57)64(44-27-10-5-11-28-44)60-45-29-13-12-22-41(45)40-54-59(60)48-32-16-19-35-51(48)62(54)50-34-18-15-31-47(50)58-53(62)37-21-38-55(58)63(42-23-6-3-7-24-42)43-25-8-4-9-26-43/h3-40H,1-2H3. The first kappa shape index (κ1) is 36.7. The largest absolute Gasteiger partial charge is 0.310 e. The van der Waals surface area contributed by atoms with Gasteiger partial charge in [0.05, 0.1) is 22.5 Å². The molecule has 0 saturated carbocycles. The molecular formula is C62H44N2. The van der Waals surface area contributed by atoms with E-state index in [4.69, 9.17) is 0 Å². The molecule has 302 valence electrons. The number of hydrogen-bond acceptors (Lipinski definition) is 2. The second kappa shape index (κ2) is 13.8. The zero-order valence-corrected chi connectivity index (χ0v) is 35.8. The number of para-hydroxylation sites is 3. The molecular weight excluding hydrogens is 773 g/mol. The van der Waals surface area contributed by atoms with Crippen molar-refractivity contribution in [2.75, 3.05) is 9.80 Å². The Morgan fingerprint density at radius 3 is 1.34 bits per heavy atom. The van der Waals surface area contributed by atoms with Gasteiger partial charge >= 0.3 is 0 Å². The highest BCUT2D eigenvalue weighted by Gasteiger charge is 2.54. The van der Waals surface area contributed by atoms with E-state index in [1.807, 2.05) is 0 Å². The third kappa shape index (κ3) is 4.91. The van der Waals surface area contributed by atoms with Crippen LogP contribution in [0.5, 0.6) is 0 Å². The third-order valence-electron chi connectivity index (χ3n) is 14.4. The lowest BCUT2D eigenvalue weighted by atomic mass is 9.70. The van der Waals surface area contributed by atoms with Crippen LogP contribution >= 0.6 is 0 Å². The average Bonchev–Trinajstić information content (AvgIpc) is 3.91. The van der Waals surface area contributed by atoms with Gasteiger partial charge in [-0.25, -0.2) is 0 Å². The van der Waals surface area contributed by atoms with E-state index in [0.717, 1.165) is 17.1 Å². The van der Waals surface area contributed by atoms with Crippen molar-refractivity contribution in [1.29, 1.82) is 0 Å². The van der Waals surface area contributed by atoms with Crippen LogP contribution in [-0.4, -0.2) is 0 Å². The van der Waals surface area contributed by atoms with E-state index in [9.17, 15) is 0 Å². The van der Waals surface area contributed by atoms with E-state index in [1.165, 1.54) is 94.6 Å². The minimum Gasteiger partial charge on any atom is -0.310 e. The van der Waals surface area contributed by atoms with Crippen LogP contribution in [-0.2, 0) is 10.8 Å². The molecule has 0 bridgehead atoms. The van der Waals surface area contributed by atoms with Crippen LogP contribution in [0, 0.1) is 0 Å². The highest BCUT2D eigenvalue weighted by molar-refractivity contribution is 6.13. The molecule has 0 N–H and O–H groups in total. The number of rotatable bonds is 6. The van der Waals surface area contributed by atoms with Crippen molar-refractivity contribution in [3.05, 3.63) is 264 Å². The topological polar surface area (TPSA) is 6.48 Å². The average molecular weight is 817 g/mol. The Morgan fingerprint density at radius 2 is 0.734 bits per heavy atom. The lowest BCUT2D eigenvalue weighted by Gasteiger charge is -2.34. The number of fused-ring (bicyclic) bond motifs is 14. The van der Waals surface area contributed by atoms with E-state index in [2.05, 4.69) is 254 Å². The molecule has 0 fully saturated rings. The van der Waals surface area contributed by atoms with Crippen molar-refractivity contribution < 1.29 is 0 Å². The van der Waals surface area contributed by atoms with Gasteiger partial charge in [-0.05, 0) is 110 Å². The Hall–Kier alpha value is -7.94. The van der Waals surface area contributed by atoms with Gasteiger partial charge in [0.2, 0.25) is 0 Å². The maximum absolute atomic E-state index is 2.60. The van der Waals surface area contributed by atoms with Crippen LogP contribution in [0.25, 0.3) is 44.2 Å². The number of anilines is 6. The molecule has 3 aliphatic rings. The van der Waals surface area contributed by atoms with Gasteiger partial charge in [-0.3, -0.25) is 0 Å². The van der Waals surface area contributed by atoms with Gasteiger partial charge in [0.1, 0.15) is 0 Å². The van der Waals surface area contributed by atoms with E-state index in [1.54, 1.807) is 0 Å². The summed E-state index contributed by atoms with van der Waals surface area (Å²) in [6.45, 7) is 4.76. The van der Waals surface area contributed by atoms with Gasteiger partial charge in [-0.2, -0.15) is 0 Å².